The molecule has 2 aromatic heterocycles. The molecule has 4 aromatic rings. The average molecular weight is 914 g/mol. The Balaban J connectivity index is 1.36. The van der Waals surface area contributed by atoms with Crippen molar-refractivity contribution in [3.8, 4) is 11.6 Å². The molecule has 0 aliphatic carbocycles. The summed E-state index contributed by atoms with van der Waals surface area (Å²) in [6, 6.07) is 11.7. The number of aromatic nitrogens is 4. The van der Waals surface area contributed by atoms with Gasteiger partial charge < -0.3 is 4.74 Å². The number of carbonyl (C=O) groups is 1. The van der Waals surface area contributed by atoms with Gasteiger partial charge in [0.15, 0.2) is 0 Å². The van der Waals surface area contributed by atoms with Crippen LogP contribution in [-0.2, 0) is 23.4 Å². The Labute approximate surface area is 311 Å². The van der Waals surface area contributed by atoms with Crippen LogP contribution in [0.25, 0.3) is 21.9 Å². The molecule has 0 amide bonds. The van der Waals surface area contributed by atoms with Crippen molar-refractivity contribution in [2.75, 3.05) is 22.9 Å². The second-order valence-corrected chi connectivity index (χ2v) is 15.9. The van der Waals surface area contributed by atoms with E-state index in [9.17, 15) is 19.6 Å². The molecule has 1 saturated heterocycles. The number of carbonyl (C=O) groups excluding carboxylic acids is 1. The molecule has 6 atom stereocenters. The van der Waals surface area contributed by atoms with Gasteiger partial charge in [0.25, 0.3) is 0 Å². The van der Waals surface area contributed by atoms with E-state index in [1.807, 2.05) is 56.3 Å². The standard InChI is InChI=1S/C34H42N6O9P.Tl/c1-21(2)18-24-31(42)46-17-10-6-4-5-9-16-45-30-27-29(37-33(35)38-30)40(20-36-27)32-34(3,43)28(41)26(48-32)19-47-50(44,39-24)49-25-15-11-13-22-12-7-8-14-23(22)25;/h4-5,7-8,11-15,20-21,24,26,28,32,41,43H,6,9-10,16-19H2,1-3H3,(H2-,35,37,38,39,44);/q-1;+1/b5-4+;/t24-,26?,28+,32?,34+,50?;/m0./s1. The number of aliphatic hydroxyl groups excluding tert-OH is 1. The average Bonchev–Trinajstić information content (AvgIpc) is 3.62. The molecule has 15 nitrogen and oxygen atoms in total. The molecule has 2 aromatic carbocycles. The molecule has 2 aliphatic heterocycles. The summed E-state index contributed by atoms with van der Waals surface area (Å²) >= 11 is 0.334. The zero-order valence-corrected chi connectivity index (χ0v) is 34.1. The van der Waals surface area contributed by atoms with Gasteiger partial charge in [-0.1, -0.05) is 50.2 Å². The van der Waals surface area contributed by atoms with Crippen LogP contribution in [0.5, 0.6) is 11.6 Å². The Morgan fingerprint density at radius 1 is 1.14 bits per heavy atom. The Kier molecular flexibility index (Phi) is 12.0. The van der Waals surface area contributed by atoms with Crippen LogP contribution < -0.4 is 17.5 Å². The number of imidazole rings is 1. The third-order valence-corrected chi connectivity index (χ3v) is 11.2. The fraction of sp³-hybridized carbons (Fsp3) is 0.471. The number of rotatable bonds is 5. The van der Waals surface area contributed by atoms with Gasteiger partial charge in [-0.2, -0.15) is 0 Å². The van der Waals surface area contributed by atoms with Gasteiger partial charge in [-0.15, -0.1) is 0 Å². The van der Waals surface area contributed by atoms with E-state index in [1.165, 1.54) is 17.8 Å². The predicted octanol–water partition coefficient (Wildman–Crippen LogP) is 4.35. The molecule has 4 heterocycles. The molecule has 0 radical (unpaired) electrons. The molecule has 0 saturated carbocycles. The van der Waals surface area contributed by atoms with Crippen molar-refractivity contribution >= 4 is 67.7 Å². The quantitative estimate of drug-likeness (QED) is 0.0958. The third-order valence-electron chi connectivity index (χ3n) is 8.66. The van der Waals surface area contributed by atoms with Crippen LogP contribution in [0.1, 0.15) is 52.7 Å². The number of esters is 1. The molecule has 3 unspecified atom stereocenters. The van der Waals surface area contributed by atoms with Crippen LogP contribution in [0.2, 0.25) is 0 Å². The van der Waals surface area contributed by atoms with E-state index in [0.29, 0.717) is 74.4 Å². The maximum absolute atomic E-state index is 14.8. The van der Waals surface area contributed by atoms with E-state index in [0.717, 1.165) is 5.39 Å². The Morgan fingerprint density at radius 3 is 2.73 bits per heavy atom. The van der Waals surface area contributed by atoms with E-state index in [1.54, 1.807) is 12.1 Å². The van der Waals surface area contributed by atoms with Gasteiger partial charge in [-0.3, -0.25) is 4.79 Å². The summed E-state index contributed by atoms with van der Waals surface area (Å²) in [6.07, 6.45) is 3.64. The van der Waals surface area contributed by atoms with Gasteiger partial charge in [0.2, 0.25) is 0 Å². The molecule has 51 heavy (non-hydrogen) atoms. The van der Waals surface area contributed by atoms with E-state index >= 15 is 0 Å². The number of aliphatic hydroxyl groups is 2. The van der Waals surface area contributed by atoms with Crippen molar-refractivity contribution in [2.45, 2.75) is 76.5 Å². The minimum atomic E-state index is -4.41. The van der Waals surface area contributed by atoms with Crippen molar-refractivity contribution in [1.29, 1.82) is 0 Å². The Hall–Kier alpha value is -3.19. The number of fused-ring (bicyclic) bond motifs is 4. The predicted molar refractivity (Wildman–Crippen MR) is 189 cm³/mol. The first-order chi connectivity index (χ1) is 24.5. The van der Waals surface area contributed by atoms with Gasteiger partial charge in [0.05, 0.1) is 0 Å². The number of anilines is 1. The van der Waals surface area contributed by atoms with Crippen LogP contribution in [0.3, 0.4) is 0 Å². The number of ether oxygens (including phenoxy) is 3. The number of nitrogens with one attached hydrogen (secondary N) is 2. The Bertz CT molecular complexity index is 1920. The second kappa shape index (κ2) is 16.2. The van der Waals surface area contributed by atoms with Gasteiger partial charge in [-0.05, 0) is 23.8 Å². The summed E-state index contributed by atoms with van der Waals surface area (Å²) in [5.41, 5.74) is -1.20. The summed E-state index contributed by atoms with van der Waals surface area (Å²) in [5, 5.41) is 27.4. The van der Waals surface area contributed by atoms with E-state index in [-0.39, 0.29) is 30.6 Å². The number of nitrogens with zero attached hydrogens (tertiary/aromatic N) is 4. The first kappa shape index (κ1) is 37.6. The summed E-state index contributed by atoms with van der Waals surface area (Å²) in [4.78, 5) is 27.0. The second-order valence-electron chi connectivity index (χ2n) is 13.1. The molecule has 1 fully saturated rings. The van der Waals surface area contributed by atoms with E-state index < -0.39 is 50.4 Å². The van der Waals surface area contributed by atoms with Crippen LogP contribution in [0.4, 0.5) is 5.95 Å². The summed E-state index contributed by atoms with van der Waals surface area (Å²) < 4.78 is 49.4. The number of allylic oxidation sites excluding steroid dienone is 1. The van der Waals surface area contributed by atoms with E-state index in [2.05, 4.69) is 23.2 Å². The molecule has 17 heteroatoms. The van der Waals surface area contributed by atoms with Crippen molar-refractivity contribution < 1.29 is 42.8 Å². The number of hydrogen-bond donors (Lipinski definition) is 4. The van der Waals surface area contributed by atoms with Crippen LogP contribution in [0, 0.1) is 5.92 Å². The normalized spacial score (nSPS) is 28.8. The monoisotopic (exact) mass is 914 g/mol. The molecular weight excluding hydrogens is 872 g/mol. The summed E-state index contributed by atoms with van der Waals surface area (Å²) in [6.45, 7) is 5.29. The summed E-state index contributed by atoms with van der Waals surface area (Å²) in [7, 11) is -4.41. The van der Waals surface area contributed by atoms with Gasteiger partial charge in [-0.25, -0.2) is 0 Å². The molecule has 4 N–H and O–H groups in total. The minimum absolute atomic E-state index is 0.0150. The number of benzene rings is 2. The number of hydrogen-bond acceptors (Lipinski definition) is 13. The molecule has 6 rings (SSSR count). The molecule has 6 bridgehead atoms. The first-order valence-electron chi connectivity index (χ1n) is 16.9. The van der Waals surface area contributed by atoms with E-state index in [4.69, 9.17) is 23.3 Å². The molecular formula is C34H42N6O9PTl. The van der Waals surface area contributed by atoms with Crippen molar-refractivity contribution in [3.05, 3.63) is 60.9 Å². The summed E-state index contributed by atoms with van der Waals surface area (Å²) in [5.74, 6) is 0.272. The van der Waals surface area contributed by atoms with Crippen molar-refractivity contribution in [3.63, 3.8) is 0 Å². The van der Waals surface area contributed by atoms with Crippen LogP contribution in [0.15, 0.2) is 60.9 Å². The van der Waals surface area contributed by atoms with Crippen LogP contribution >= 0.6 is 7.75 Å². The third kappa shape index (κ3) is 8.56. The van der Waals surface area contributed by atoms with Gasteiger partial charge in [0, 0.05) is 5.39 Å². The fourth-order valence-electron chi connectivity index (χ4n) is 6.07. The SMILES string of the molecule is CC(C)C[C@@H]1NP(=O)(Oc2cccc3ccccc23)OCC2OC(n3cnc4c(nc([NH][Tl])nc43)OCC/C=C/CCCOC1=O)[C@](C)(O)[C@@H]2O. The molecule has 270 valence electrons. The molecule has 2 aliphatic rings. The topological polar surface area (TPSA) is 188 Å². The van der Waals surface area contributed by atoms with Crippen LogP contribution in [-0.4, -0.2) is 105 Å². The maximum atomic E-state index is 14.8. The Morgan fingerprint density at radius 2 is 1.92 bits per heavy atom. The fourth-order valence-corrected chi connectivity index (χ4v) is 8.10. The van der Waals surface area contributed by atoms with Crippen molar-refractivity contribution in [2.24, 2.45) is 5.92 Å². The first-order valence-corrected chi connectivity index (χ1v) is 20.7. The zero-order valence-electron chi connectivity index (χ0n) is 28.7. The van der Waals surface area contributed by atoms with Gasteiger partial charge in [0.1, 0.15) is 11.8 Å². The number of cyclic esters (lactones) is 1. The molecule has 0 spiro atoms. The zero-order chi connectivity index (χ0) is 36.2. The van der Waals surface area contributed by atoms with Gasteiger partial charge >= 0.3 is 212 Å². The van der Waals surface area contributed by atoms with Crippen molar-refractivity contribution in [1.82, 2.24) is 24.6 Å².